The molecule has 2 N–H and O–H groups in total. The van der Waals surface area contributed by atoms with Crippen LogP contribution in [0.4, 0.5) is 0 Å². The van der Waals surface area contributed by atoms with Crippen LogP contribution in [-0.2, 0) is 39.1 Å². The summed E-state index contributed by atoms with van der Waals surface area (Å²) in [7, 11) is 0. The number of Topliss-reactive ketones (excluding diaryl/α,β-unsaturated/α-hetero) is 1. The van der Waals surface area contributed by atoms with Gasteiger partial charge in [0.15, 0.2) is 23.4 Å². The first-order valence-corrected chi connectivity index (χ1v) is 15.7. The second kappa shape index (κ2) is 9.70. The minimum absolute atomic E-state index is 0.0665. The largest absolute Gasteiger partial charge is 0.481 e. The van der Waals surface area contributed by atoms with E-state index in [1.54, 1.807) is 30.3 Å². The van der Waals surface area contributed by atoms with Crippen molar-refractivity contribution in [3.63, 3.8) is 0 Å². The Bertz CT molecular complexity index is 1830. The van der Waals surface area contributed by atoms with Gasteiger partial charge in [-0.05, 0) is 60.6 Å². The van der Waals surface area contributed by atoms with Crippen molar-refractivity contribution in [1.29, 1.82) is 0 Å². The van der Waals surface area contributed by atoms with Gasteiger partial charge in [-0.15, -0.1) is 0 Å². The summed E-state index contributed by atoms with van der Waals surface area (Å²) >= 11 is 13.2. The standard InChI is InChI=1S/C34H29Cl2NO7/c35-29-19(14-26(39)40)3-6-22-21(29)7-4-20(30(22)36)15-27(41)43-24-8-5-18-13-25-34(42)10-9-23(38)32-33(34,28(18)31(24)44-32)11-12-37(25)16-17-1-2-17/h3-8,11-12,17,25,32,42H,1-2,9-10,13-16H2,(H,39,40)/t25-,32+,33+,34-/m1/s1. The normalized spacial score (nSPS) is 27.7. The van der Waals surface area contributed by atoms with Gasteiger partial charge in [-0.25, -0.2) is 0 Å². The Labute approximate surface area is 263 Å². The summed E-state index contributed by atoms with van der Waals surface area (Å²) < 4.78 is 12.2. The van der Waals surface area contributed by atoms with Crippen molar-refractivity contribution in [2.75, 3.05) is 6.54 Å². The molecule has 5 aliphatic rings. The SMILES string of the molecule is O=C(O)Cc1ccc2c(Cl)c(CC(=O)Oc3ccc4c5c3O[C@H]3C(=O)CC[C@@]6(O)[C@@H](C4)N(CC4CC4)C=C[C@]536)ccc2c1Cl. The zero-order valence-corrected chi connectivity index (χ0v) is 25.2. The highest BCUT2D eigenvalue weighted by Gasteiger charge is 2.72. The molecule has 8 nitrogen and oxygen atoms in total. The first kappa shape index (κ1) is 27.9. The Kier molecular flexibility index (Phi) is 6.16. The number of halogens is 2. The van der Waals surface area contributed by atoms with Gasteiger partial charge in [0.05, 0.1) is 34.3 Å². The number of aliphatic carboxylic acids is 1. The van der Waals surface area contributed by atoms with E-state index >= 15 is 0 Å². The number of ketones is 1. The number of aliphatic hydroxyl groups is 1. The molecule has 44 heavy (non-hydrogen) atoms. The van der Waals surface area contributed by atoms with Crippen molar-refractivity contribution in [1.82, 2.24) is 4.90 Å². The number of ether oxygens (including phenoxy) is 2. The number of carboxylic acid groups (broad SMARTS) is 1. The molecule has 3 aliphatic carbocycles. The number of fused-ring (bicyclic) bond motifs is 1. The molecule has 10 heteroatoms. The average molecular weight is 635 g/mol. The first-order valence-electron chi connectivity index (χ1n) is 14.9. The molecule has 2 fully saturated rings. The Morgan fingerprint density at radius 3 is 2.41 bits per heavy atom. The smallest absolute Gasteiger partial charge is 0.315 e. The van der Waals surface area contributed by atoms with E-state index < -0.39 is 29.1 Å². The predicted molar refractivity (Wildman–Crippen MR) is 162 cm³/mol. The maximum absolute atomic E-state index is 13.3. The van der Waals surface area contributed by atoms with Crippen LogP contribution in [0.3, 0.4) is 0 Å². The molecule has 0 saturated heterocycles. The van der Waals surface area contributed by atoms with E-state index in [1.807, 2.05) is 18.3 Å². The second-order valence-corrected chi connectivity index (χ2v) is 13.5. The fourth-order valence-electron chi connectivity index (χ4n) is 7.98. The summed E-state index contributed by atoms with van der Waals surface area (Å²) in [4.78, 5) is 40.1. The Morgan fingerprint density at radius 2 is 1.73 bits per heavy atom. The summed E-state index contributed by atoms with van der Waals surface area (Å²) in [5.74, 6) is -0.442. The third-order valence-corrected chi connectivity index (χ3v) is 11.1. The third kappa shape index (κ3) is 3.90. The Hall–Kier alpha value is -3.59. The predicted octanol–water partition coefficient (Wildman–Crippen LogP) is 5.18. The van der Waals surface area contributed by atoms with E-state index in [2.05, 4.69) is 4.90 Å². The molecule has 0 amide bonds. The highest BCUT2D eigenvalue weighted by molar-refractivity contribution is 6.40. The molecule has 2 aliphatic heterocycles. The summed E-state index contributed by atoms with van der Waals surface area (Å²) in [6, 6.07) is 10.2. The molecule has 3 aromatic carbocycles. The summed E-state index contributed by atoms with van der Waals surface area (Å²) in [6.07, 6.45) is 6.36. The molecular weight excluding hydrogens is 605 g/mol. The van der Waals surface area contributed by atoms with Crippen LogP contribution in [0.25, 0.3) is 10.8 Å². The van der Waals surface area contributed by atoms with E-state index in [1.165, 1.54) is 12.8 Å². The maximum Gasteiger partial charge on any atom is 0.315 e. The van der Waals surface area contributed by atoms with Crippen LogP contribution < -0.4 is 9.47 Å². The van der Waals surface area contributed by atoms with Gasteiger partial charge in [-0.1, -0.05) is 59.6 Å². The number of carbonyl (C=O) groups is 3. The number of rotatable bonds is 7. The fourth-order valence-corrected chi connectivity index (χ4v) is 8.57. The maximum atomic E-state index is 13.3. The third-order valence-electron chi connectivity index (χ3n) is 10.2. The zero-order valence-electron chi connectivity index (χ0n) is 23.6. The number of carbonyl (C=O) groups excluding carboxylic acids is 2. The molecule has 3 aromatic rings. The first-order chi connectivity index (χ1) is 21.1. The van der Waals surface area contributed by atoms with E-state index in [0.29, 0.717) is 56.5 Å². The molecule has 2 bridgehead atoms. The Morgan fingerprint density at radius 1 is 1.02 bits per heavy atom. The summed E-state index contributed by atoms with van der Waals surface area (Å²) in [6.45, 7) is 0.893. The van der Waals surface area contributed by atoms with Crippen LogP contribution in [0.1, 0.15) is 47.9 Å². The summed E-state index contributed by atoms with van der Waals surface area (Å²) in [5.41, 5.74) is 0.526. The number of carboxylic acids is 1. The van der Waals surface area contributed by atoms with Crippen molar-refractivity contribution in [3.05, 3.63) is 81.0 Å². The van der Waals surface area contributed by atoms with Gasteiger partial charge in [-0.2, -0.15) is 0 Å². The topological polar surface area (TPSA) is 113 Å². The quantitative estimate of drug-likeness (QED) is 0.270. The number of hydrogen-bond acceptors (Lipinski definition) is 7. The number of hydrogen-bond donors (Lipinski definition) is 2. The van der Waals surface area contributed by atoms with Gasteiger partial charge < -0.3 is 24.6 Å². The molecule has 8 rings (SSSR count). The summed E-state index contributed by atoms with van der Waals surface area (Å²) in [5, 5.41) is 23.4. The van der Waals surface area contributed by atoms with Gasteiger partial charge in [0.1, 0.15) is 5.60 Å². The molecule has 226 valence electrons. The lowest BCUT2D eigenvalue weighted by Crippen LogP contribution is -2.73. The molecule has 2 saturated carbocycles. The van der Waals surface area contributed by atoms with E-state index in [-0.39, 0.29) is 36.8 Å². The van der Waals surface area contributed by atoms with Gasteiger partial charge >= 0.3 is 11.9 Å². The van der Waals surface area contributed by atoms with Crippen molar-refractivity contribution >= 4 is 51.7 Å². The van der Waals surface area contributed by atoms with Crippen molar-refractivity contribution in [2.24, 2.45) is 5.92 Å². The lowest BCUT2D eigenvalue weighted by atomic mass is 9.50. The molecule has 0 aromatic heterocycles. The molecule has 0 unspecified atom stereocenters. The molecule has 0 radical (unpaired) electrons. The van der Waals surface area contributed by atoms with Crippen molar-refractivity contribution in [3.8, 4) is 11.5 Å². The van der Waals surface area contributed by atoms with Crippen molar-refractivity contribution in [2.45, 2.75) is 68.1 Å². The van der Waals surface area contributed by atoms with Crippen molar-refractivity contribution < 1.29 is 34.1 Å². The van der Waals surface area contributed by atoms with Crippen LogP contribution in [0.5, 0.6) is 11.5 Å². The van der Waals surface area contributed by atoms with Gasteiger partial charge in [0, 0.05) is 29.3 Å². The van der Waals surface area contributed by atoms with Crippen LogP contribution in [0.15, 0.2) is 48.7 Å². The fraction of sp³-hybridized carbons (Fsp3) is 0.382. The van der Waals surface area contributed by atoms with Crippen LogP contribution in [0, 0.1) is 5.92 Å². The Balaban J connectivity index is 1.11. The van der Waals surface area contributed by atoms with E-state index in [4.69, 9.17) is 37.8 Å². The van der Waals surface area contributed by atoms with E-state index in [9.17, 15) is 19.5 Å². The molecule has 4 atom stereocenters. The minimum atomic E-state index is -1.18. The lowest BCUT2D eigenvalue weighted by molar-refractivity contribution is -0.161. The molecular formula is C34H29Cl2NO7. The van der Waals surface area contributed by atoms with E-state index in [0.717, 1.165) is 17.7 Å². The number of esters is 1. The lowest BCUT2D eigenvalue weighted by Gasteiger charge is -2.60. The average Bonchev–Trinajstić information content (AvgIpc) is 3.72. The highest BCUT2D eigenvalue weighted by atomic mass is 35.5. The molecule has 2 heterocycles. The van der Waals surface area contributed by atoms with Gasteiger partial charge in [0.2, 0.25) is 0 Å². The van der Waals surface area contributed by atoms with Crippen LogP contribution >= 0.6 is 23.2 Å². The monoisotopic (exact) mass is 633 g/mol. The second-order valence-electron chi connectivity index (χ2n) is 12.8. The van der Waals surface area contributed by atoms with Crippen LogP contribution in [-0.4, -0.2) is 57.1 Å². The number of benzene rings is 3. The zero-order chi connectivity index (χ0) is 30.5. The van der Waals surface area contributed by atoms with Crippen LogP contribution in [0.2, 0.25) is 10.0 Å². The van der Waals surface area contributed by atoms with Gasteiger partial charge in [0.25, 0.3) is 0 Å². The minimum Gasteiger partial charge on any atom is -0.481 e. The molecule has 1 spiro atoms. The highest BCUT2D eigenvalue weighted by Crippen LogP contribution is 2.64. The van der Waals surface area contributed by atoms with Gasteiger partial charge in [-0.3, -0.25) is 14.4 Å². The number of nitrogens with zero attached hydrogens (tertiary/aromatic N) is 1.